The van der Waals surface area contributed by atoms with Gasteiger partial charge in [0.15, 0.2) is 11.5 Å². The van der Waals surface area contributed by atoms with Gasteiger partial charge in [-0.15, -0.1) is 6.58 Å². The van der Waals surface area contributed by atoms with E-state index in [9.17, 15) is 9.59 Å². The highest BCUT2D eigenvalue weighted by atomic mass is 16.5. The second-order valence-electron chi connectivity index (χ2n) is 5.88. The van der Waals surface area contributed by atoms with E-state index < -0.39 is 0 Å². The molecule has 2 amide bonds. The van der Waals surface area contributed by atoms with Crippen molar-refractivity contribution in [3.05, 3.63) is 30.2 Å². The Morgan fingerprint density at radius 1 is 1.43 bits per heavy atom. The van der Waals surface area contributed by atoms with Gasteiger partial charge in [-0.25, -0.2) is 0 Å². The van der Waals surface area contributed by atoms with Crippen molar-refractivity contribution in [3.63, 3.8) is 0 Å². The number of hydrogen-bond donors (Lipinski definition) is 1. The van der Waals surface area contributed by atoms with Crippen LogP contribution < -0.4 is 5.32 Å². The lowest BCUT2D eigenvalue weighted by Gasteiger charge is -2.27. The fourth-order valence-corrected chi connectivity index (χ4v) is 2.93. The zero-order valence-electron chi connectivity index (χ0n) is 13.7. The standard InChI is InChI=1S/C17H25N3O3/c1-3-10-20(17(22)13-8-6-5-7-9-13)12-14-11-15(19-23-14)16(21)18-4-2/h3,11,13H,1,4-10,12H2,2H3,(H,18,21). The SMILES string of the molecule is C=CCN(Cc1cc(C(=O)NCC)no1)C(=O)C1CCCCC1. The van der Waals surface area contributed by atoms with Gasteiger partial charge in [-0.1, -0.05) is 30.5 Å². The fraction of sp³-hybridized carbons (Fsp3) is 0.588. The Morgan fingerprint density at radius 3 is 2.83 bits per heavy atom. The third kappa shape index (κ3) is 4.68. The molecule has 1 aromatic rings. The summed E-state index contributed by atoms with van der Waals surface area (Å²) in [6.07, 6.45) is 7.05. The molecule has 0 saturated heterocycles. The summed E-state index contributed by atoms with van der Waals surface area (Å²) in [5, 5.41) is 6.44. The molecule has 1 aromatic heterocycles. The minimum absolute atomic E-state index is 0.0921. The highest BCUT2D eigenvalue weighted by Crippen LogP contribution is 2.26. The number of aromatic nitrogens is 1. The van der Waals surface area contributed by atoms with Gasteiger partial charge in [0.05, 0.1) is 6.54 Å². The molecule has 0 aliphatic heterocycles. The second-order valence-corrected chi connectivity index (χ2v) is 5.88. The van der Waals surface area contributed by atoms with E-state index in [2.05, 4.69) is 17.1 Å². The molecule has 23 heavy (non-hydrogen) atoms. The van der Waals surface area contributed by atoms with Crippen LogP contribution in [0.25, 0.3) is 0 Å². The van der Waals surface area contributed by atoms with E-state index in [1.807, 2.05) is 6.92 Å². The predicted octanol–water partition coefficient (Wildman–Crippen LogP) is 2.52. The molecule has 1 heterocycles. The Balaban J connectivity index is 2.02. The van der Waals surface area contributed by atoms with Gasteiger partial charge in [0.25, 0.3) is 5.91 Å². The topological polar surface area (TPSA) is 75.4 Å². The van der Waals surface area contributed by atoms with Gasteiger partial charge in [0.1, 0.15) is 0 Å². The van der Waals surface area contributed by atoms with Gasteiger partial charge in [0.2, 0.25) is 5.91 Å². The van der Waals surface area contributed by atoms with Crippen molar-refractivity contribution in [1.82, 2.24) is 15.4 Å². The van der Waals surface area contributed by atoms with Crippen LogP contribution in [-0.4, -0.2) is 35.0 Å². The molecule has 1 saturated carbocycles. The van der Waals surface area contributed by atoms with E-state index in [1.165, 1.54) is 6.42 Å². The van der Waals surface area contributed by atoms with Crippen LogP contribution in [0.5, 0.6) is 0 Å². The first-order valence-electron chi connectivity index (χ1n) is 8.29. The van der Waals surface area contributed by atoms with Gasteiger partial charge in [-0.3, -0.25) is 9.59 Å². The summed E-state index contributed by atoms with van der Waals surface area (Å²) in [5.41, 5.74) is 0.241. The quantitative estimate of drug-likeness (QED) is 0.784. The van der Waals surface area contributed by atoms with E-state index in [0.717, 1.165) is 25.7 Å². The molecule has 0 aromatic carbocycles. The average molecular weight is 319 g/mol. The van der Waals surface area contributed by atoms with Crippen LogP contribution in [0.15, 0.2) is 23.2 Å². The molecule has 0 atom stereocenters. The summed E-state index contributed by atoms with van der Waals surface area (Å²) in [7, 11) is 0. The summed E-state index contributed by atoms with van der Waals surface area (Å²) >= 11 is 0. The molecule has 1 aliphatic rings. The molecule has 6 nitrogen and oxygen atoms in total. The monoisotopic (exact) mass is 319 g/mol. The third-order valence-electron chi connectivity index (χ3n) is 4.09. The van der Waals surface area contributed by atoms with E-state index in [0.29, 0.717) is 25.4 Å². The summed E-state index contributed by atoms with van der Waals surface area (Å²) in [6.45, 7) is 6.87. The fourth-order valence-electron chi connectivity index (χ4n) is 2.93. The molecule has 2 rings (SSSR count). The van der Waals surface area contributed by atoms with Crippen molar-refractivity contribution in [2.75, 3.05) is 13.1 Å². The summed E-state index contributed by atoms with van der Waals surface area (Å²) in [6, 6.07) is 1.59. The van der Waals surface area contributed by atoms with Gasteiger partial charge in [0, 0.05) is 25.1 Å². The molecule has 0 unspecified atom stereocenters. The Kier molecular flexibility index (Phi) is 6.38. The lowest BCUT2D eigenvalue weighted by atomic mass is 9.88. The molecule has 6 heteroatoms. The smallest absolute Gasteiger partial charge is 0.273 e. The number of carbonyl (C=O) groups is 2. The first-order valence-corrected chi connectivity index (χ1v) is 8.29. The van der Waals surface area contributed by atoms with Crippen LogP contribution in [0.2, 0.25) is 0 Å². The molecule has 0 radical (unpaired) electrons. The van der Waals surface area contributed by atoms with Crippen LogP contribution in [0.4, 0.5) is 0 Å². The largest absolute Gasteiger partial charge is 0.359 e. The maximum Gasteiger partial charge on any atom is 0.273 e. The lowest BCUT2D eigenvalue weighted by Crippen LogP contribution is -2.36. The Bertz CT molecular complexity index is 547. The number of amides is 2. The molecule has 0 bridgehead atoms. The number of nitrogens with one attached hydrogen (secondary N) is 1. The van der Waals surface area contributed by atoms with Crippen LogP contribution in [0.3, 0.4) is 0 Å². The van der Waals surface area contributed by atoms with Gasteiger partial charge in [-0.05, 0) is 19.8 Å². The molecular formula is C17H25N3O3. The normalized spacial score (nSPS) is 15.2. The van der Waals surface area contributed by atoms with Crippen molar-refractivity contribution in [2.45, 2.75) is 45.6 Å². The highest BCUT2D eigenvalue weighted by Gasteiger charge is 2.26. The highest BCUT2D eigenvalue weighted by molar-refractivity contribution is 5.92. The minimum atomic E-state index is -0.267. The minimum Gasteiger partial charge on any atom is -0.359 e. The van der Waals surface area contributed by atoms with Gasteiger partial charge >= 0.3 is 0 Å². The number of nitrogens with zero attached hydrogens (tertiary/aromatic N) is 2. The third-order valence-corrected chi connectivity index (χ3v) is 4.09. The molecule has 1 fully saturated rings. The maximum atomic E-state index is 12.7. The van der Waals surface area contributed by atoms with Crippen LogP contribution >= 0.6 is 0 Å². The van der Waals surface area contributed by atoms with Crippen molar-refractivity contribution in [2.24, 2.45) is 5.92 Å². The molecular weight excluding hydrogens is 294 g/mol. The number of carbonyl (C=O) groups excluding carboxylic acids is 2. The molecule has 1 aliphatic carbocycles. The van der Waals surface area contributed by atoms with E-state index in [4.69, 9.17) is 4.52 Å². The second kappa shape index (κ2) is 8.50. The van der Waals surface area contributed by atoms with Crippen LogP contribution in [0, 0.1) is 5.92 Å². The Labute approximate surface area is 136 Å². The van der Waals surface area contributed by atoms with Gasteiger partial charge < -0.3 is 14.7 Å². The van der Waals surface area contributed by atoms with E-state index >= 15 is 0 Å². The number of rotatable bonds is 7. The van der Waals surface area contributed by atoms with Crippen molar-refractivity contribution < 1.29 is 14.1 Å². The molecule has 126 valence electrons. The van der Waals surface area contributed by atoms with Crippen molar-refractivity contribution >= 4 is 11.8 Å². The maximum absolute atomic E-state index is 12.7. The summed E-state index contributed by atoms with van der Waals surface area (Å²) < 4.78 is 5.21. The zero-order valence-corrected chi connectivity index (χ0v) is 13.7. The first kappa shape index (κ1) is 17.2. The van der Waals surface area contributed by atoms with E-state index in [-0.39, 0.29) is 23.4 Å². The van der Waals surface area contributed by atoms with Crippen molar-refractivity contribution in [3.8, 4) is 0 Å². The zero-order chi connectivity index (χ0) is 16.7. The molecule has 0 spiro atoms. The summed E-state index contributed by atoms with van der Waals surface area (Å²) in [5.74, 6) is 0.476. The van der Waals surface area contributed by atoms with E-state index in [1.54, 1.807) is 17.0 Å². The van der Waals surface area contributed by atoms with Gasteiger partial charge in [-0.2, -0.15) is 0 Å². The lowest BCUT2D eigenvalue weighted by molar-refractivity contribution is -0.136. The van der Waals surface area contributed by atoms with Crippen LogP contribution in [-0.2, 0) is 11.3 Å². The Hall–Kier alpha value is -2.11. The predicted molar refractivity (Wildman–Crippen MR) is 86.7 cm³/mol. The average Bonchev–Trinajstić information content (AvgIpc) is 3.03. The van der Waals surface area contributed by atoms with Crippen molar-refractivity contribution in [1.29, 1.82) is 0 Å². The molecule has 1 N–H and O–H groups in total. The van der Waals surface area contributed by atoms with Crippen LogP contribution in [0.1, 0.15) is 55.3 Å². The summed E-state index contributed by atoms with van der Waals surface area (Å²) in [4.78, 5) is 26.1. The number of hydrogen-bond acceptors (Lipinski definition) is 4. The Morgan fingerprint density at radius 2 is 2.17 bits per heavy atom. The first-order chi connectivity index (χ1) is 11.2.